The number of halogens is 2. The Hall–Kier alpha value is -1.08. The van der Waals surface area contributed by atoms with Gasteiger partial charge < -0.3 is 9.47 Å². The molecule has 0 spiro atoms. The molecule has 0 aliphatic heterocycles. The summed E-state index contributed by atoms with van der Waals surface area (Å²) in [6, 6.07) is 5.53. The van der Waals surface area contributed by atoms with Crippen molar-refractivity contribution in [1.82, 2.24) is 4.98 Å². The number of benzene rings is 1. The first-order chi connectivity index (χ1) is 14.1. The van der Waals surface area contributed by atoms with Gasteiger partial charge in [0.15, 0.2) is 12.4 Å². The summed E-state index contributed by atoms with van der Waals surface area (Å²) in [5.74, 6) is 0.220. The summed E-state index contributed by atoms with van der Waals surface area (Å²) in [5.41, 5.74) is 0.659. The number of hydrogen-bond acceptors (Lipinski definition) is 4. The van der Waals surface area contributed by atoms with Crippen molar-refractivity contribution < 1.29 is 14.3 Å². The van der Waals surface area contributed by atoms with E-state index in [0.717, 1.165) is 21.8 Å². The van der Waals surface area contributed by atoms with Crippen molar-refractivity contribution >= 4 is 51.1 Å². The molecule has 160 valence electrons. The Labute approximate surface area is 192 Å². The molecule has 4 nitrogen and oxygen atoms in total. The van der Waals surface area contributed by atoms with Crippen LogP contribution in [0.25, 0.3) is 10.9 Å². The van der Waals surface area contributed by atoms with Crippen LogP contribution in [0, 0.1) is 3.57 Å². The number of fused-ring (bicyclic) bond motifs is 1. The molecule has 1 aromatic heterocycles. The lowest BCUT2D eigenvalue weighted by Gasteiger charge is -2.11. The van der Waals surface area contributed by atoms with Crippen LogP contribution in [0.1, 0.15) is 71.1 Å². The van der Waals surface area contributed by atoms with Gasteiger partial charge in [-0.3, -0.25) is 4.98 Å². The number of carbonyl (C=O) groups excluding carboxylic acids is 1. The van der Waals surface area contributed by atoms with Crippen molar-refractivity contribution in [2.75, 3.05) is 13.2 Å². The molecular formula is C23H31ClINO3. The second kappa shape index (κ2) is 14.0. The lowest BCUT2D eigenvalue weighted by molar-refractivity contribution is -0.146. The van der Waals surface area contributed by atoms with Gasteiger partial charge in [-0.2, -0.15) is 0 Å². The molecule has 0 N–H and O–H groups in total. The van der Waals surface area contributed by atoms with Crippen LogP contribution in [0.2, 0.25) is 5.02 Å². The highest BCUT2D eigenvalue weighted by molar-refractivity contribution is 14.1. The zero-order valence-electron chi connectivity index (χ0n) is 17.2. The monoisotopic (exact) mass is 531 g/mol. The van der Waals surface area contributed by atoms with E-state index in [-0.39, 0.29) is 12.6 Å². The molecule has 2 rings (SSSR count). The molecular weight excluding hydrogens is 501 g/mol. The van der Waals surface area contributed by atoms with Gasteiger partial charge in [0.25, 0.3) is 0 Å². The highest BCUT2D eigenvalue weighted by atomic mass is 127. The van der Waals surface area contributed by atoms with Crippen molar-refractivity contribution in [2.45, 2.75) is 71.1 Å². The number of esters is 1. The fourth-order valence-corrected chi connectivity index (χ4v) is 4.40. The summed E-state index contributed by atoms with van der Waals surface area (Å²) in [4.78, 5) is 16.3. The van der Waals surface area contributed by atoms with Gasteiger partial charge in [0, 0.05) is 11.6 Å². The van der Waals surface area contributed by atoms with Gasteiger partial charge in [0.2, 0.25) is 0 Å². The van der Waals surface area contributed by atoms with Gasteiger partial charge >= 0.3 is 5.97 Å². The molecule has 6 heteroatoms. The topological polar surface area (TPSA) is 48.4 Å². The highest BCUT2D eigenvalue weighted by Gasteiger charge is 2.14. The van der Waals surface area contributed by atoms with E-state index in [0.29, 0.717) is 22.9 Å². The van der Waals surface area contributed by atoms with Crippen LogP contribution in [0.3, 0.4) is 0 Å². The van der Waals surface area contributed by atoms with E-state index >= 15 is 0 Å². The maximum Gasteiger partial charge on any atom is 0.344 e. The van der Waals surface area contributed by atoms with Gasteiger partial charge in [-0.05, 0) is 47.2 Å². The molecule has 0 amide bonds. The molecule has 29 heavy (non-hydrogen) atoms. The number of unbranched alkanes of at least 4 members (excludes halogenated alkanes) is 9. The van der Waals surface area contributed by atoms with Crippen LogP contribution < -0.4 is 4.74 Å². The third kappa shape index (κ3) is 8.67. The number of ether oxygens (including phenoxy) is 2. The number of rotatable bonds is 14. The molecule has 1 aromatic carbocycles. The number of aromatic nitrogens is 1. The summed E-state index contributed by atoms with van der Waals surface area (Å²) < 4.78 is 11.8. The molecule has 0 bridgehead atoms. The van der Waals surface area contributed by atoms with Gasteiger partial charge in [-0.15, -0.1) is 0 Å². The minimum atomic E-state index is -0.351. The summed E-state index contributed by atoms with van der Waals surface area (Å²) in [5, 5.41) is 1.43. The van der Waals surface area contributed by atoms with Crippen LogP contribution in [0.15, 0.2) is 24.4 Å². The van der Waals surface area contributed by atoms with Crippen LogP contribution >= 0.6 is 34.2 Å². The van der Waals surface area contributed by atoms with E-state index in [1.54, 1.807) is 6.20 Å². The quantitative estimate of drug-likeness (QED) is 0.145. The Kier molecular flexibility index (Phi) is 11.7. The summed E-state index contributed by atoms with van der Waals surface area (Å²) in [7, 11) is 0. The largest absolute Gasteiger partial charge is 0.478 e. The van der Waals surface area contributed by atoms with Crippen molar-refractivity contribution in [1.29, 1.82) is 0 Å². The van der Waals surface area contributed by atoms with Gasteiger partial charge in [-0.1, -0.05) is 76.3 Å². The van der Waals surface area contributed by atoms with E-state index in [2.05, 4.69) is 34.5 Å². The molecule has 0 saturated carbocycles. The molecule has 1 heterocycles. The second-order valence-electron chi connectivity index (χ2n) is 7.26. The summed E-state index contributed by atoms with van der Waals surface area (Å²) >= 11 is 8.40. The third-order valence-corrected chi connectivity index (χ3v) is 5.96. The van der Waals surface area contributed by atoms with E-state index in [9.17, 15) is 4.79 Å². The lowest BCUT2D eigenvalue weighted by Crippen LogP contribution is -2.16. The zero-order valence-corrected chi connectivity index (χ0v) is 20.1. The number of pyridine rings is 1. The van der Waals surface area contributed by atoms with Gasteiger partial charge in [-0.25, -0.2) is 4.79 Å². The zero-order chi connectivity index (χ0) is 20.9. The van der Waals surface area contributed by atoms with Crippen molar-refractivity contribution in [3.8, 4) is 5.75 Å². The molecule has 0 aliphatic carbocycles. The van der Waals surface area contributed by atoms with Crippen LogP contribution in [-0.4, -0.2) is 24.2 Å². The van der Waals surface area contributed by atoms with Crippen molar-refractivity contribution in [2.24, 2.45) is 0 Å². The van der Waals surface area contributed by atoms with Crippen molar-refractivity contribution in [3.63, 3.8) is 0 Å². The third-order valence-electron chi connectivity index (χ3n) is 4.85. The average molecular weight is 532 g/mol. The van der Waals surface area contributed by atoms with Gasteiger partial charge in [0.1, 0.15) is 5.52 Å². The van der Waals surface area contributed by atoms with Crippen molar-refractivity contribution in [3.05, 3.63) is 33.0 Å². The maximum atomic E-state index is 12.0. The number of nitrogens with zero attached hydrogens (tertiary/aromatic N) is 1. The Morgan fingerprint density at radius 1 is 1.07 bits per heavy atom. The Morgan fingerprint density at radius 3 is 2.41 bits per heavy atom. The minimum Gasteiger partial charge on any atom is -0.478 e. The lowest BCUT2D eigenvalue weighted by atomic mass is 10.1. The number of carbonyl (C=O) groups is 1. The summed E-state index contributed by atoms with van der Waals surface area (Å²) in [6.45, 7) is 2.58. The Bertz CT molecular complexity index is 769. The second-order valence-corrected chi connectivity index (χ2v) is 8.83. The van der Waals surface area contributed by atoms with E-state index < -0.39 is 0 Å². The Morgan fingerprint density at radius 2 is 1.72 bits per heavy atom. The van der Waals surface area contributed by atoms with Crippen LogP contribution in [0.4, 0.5) is 0 Å². The number of hydrogen-bond donors (Lipinski definition) is 0. The van der Waals surface area contributed by atoms with E-state index in [1.807, 2.05) is 18.2 Å². The molecule has 2 aromatic rings. The summed E-state index contributed by atoms with van der Waals surface area (Å²) in [6.07, 6.45) is 14.2. The van der Waals surface area contributed by atoms with Crippen LogP contribution in [-0.2, 0) is 9.53 Å². The molecule has 0 saturated heterocycles. The molecule has 0 unspecified atom stereocenters. The predicted octanol–water partition coefficient (Wildman–Crippen LogP) is 7.34. The fraction of sp³-hybridized carbons (Fsp3) is 0.565. The minimum absolute atomic E-state index is 0.124. The SMILES string of the molecule is CCCCCCCCCCCCOC(=O)COc1c(I)cc(Cl)c2cccnc12. The standard InChI is InChI=1S/C23H31ClINO3/c1-2-3-4-5-6-7-8-9-10-11-15-28-21(27)17-29-23-20(25)16-19(24)18-13-12-14-26-22(18)23/h12-14,16H,2-11,15,17H2,1H3. The smallest absolute Gasteiger partial charge is 0.344 e. The first kappa shape index (κ1) is 24.2. The van der Waals surface area contributed by atoms with E-state index in [4.69, 9.17) is 21.1 Å². The highest BCUT2D eigenvalue weighted by Crippen LogP contribution is 2.34. The average Bonchev–Trinajstić information content (AvgIpc) is 2.72. The molecule has 0 atom stereocenters. The normalized spacial score (nSPS) is 11.0. The first-order valence-electron chi connectivity index (χ1n) is 10.6. The fourth-order valence-electron chi connectivity index (χ4n) is 3.23. The van der Waals surface area contributed by atoms with Crippen LogP contribution in [0.5, 0.6) is 5.75 Å². The first-order valence-corrected chi connectivity index (χ1v) is 12.1. The van der Waals surface area contributed by atoms with E-state index in [1.165, 1.54) is 51.4 Å². The predicted molar refractivity (Wildman–Crippen MR) is 128 cm³/mol. The molecule has 0 aliphatic rings. The molecule has 0 radical (unpaired) electrons. The van der Waals surface area contributed by atoms with Gasteiger partial charge in [0.05, 0.1) is 15.2 Å². The Balaban J connectivity index is 1.61. The molecule has 0 fully saturated rings. The maximum absolute atomic E-state index is 12.0.